The van der Waals surface area contributed by atoms with Gasteiger partial charge in [-0.2, -0.15) is 0 Å². The van der Waals surface area contributed by atoms with Crippen LogP contribution in [0.1, 0.15) is 27.2 Å². The largest absolute Gasteiger partial charge is 0.273 e. The number of rotatable bonds is 3. The molecular weight excluding hydrogens is 338 g/mol. The Balaban J connectivity index is 1.64. The first kappa shape index (κ1) is 16.9. The van der Waals surface area contributed by atoms with Crippen LogP contribution < -0.4 is 5.43 Å². The van der Waals surface area contributed by atoms with E-state index in [-0.39, 0.29) is 5.91 Å². The Morgan fingerprint density at radius 3 is 2.67 bits per heavy atom. The molecule has 0 saturated heterocycles. The van der Waals surface area contributed by atoms with Crippen LogP contribution in [0.2, 0.25) is 0 Å². The lowest BCUT2D eigenvalue weighted by Crippen LogP contribution is -2.23. The first-order valence-corrected chi connectivity index (χ1v) is 8.67. The number of nitrogens with zero attached hydrogens (tertiary/aromatic N) is 4. The van der Waals surface area contributed by atoms with Crippen molar-refractivity contribution in [3.8, 4) is 11.5 Å². The van der Waals surface area contributed by atoms with Crippen LogP contribution in [0.25, 0.3) is 22.4 Å². The van der Waals surface area contributed by atoms with Gasteiger partial charge >= 0.3 is 0 Å². The van der Waals surface area contributed by atoms with E-state index in [4.69, 9.17) is 0 Å². The van der Waals surface area contributed by atoms with Gasteiger partial charge in [0.25, 0.3) is 5.91 Å². The fraction of sp³-hybridized carbons (Fsp3) is 0.143. The number of pyridine rings is 1. The molecule has 0 bridgehead atoms. The van der Waals surface area contributed by atoms with E-state index in [0.717, 1.165) is 16.5 Å². The third-order valence-electron chi connectivity index (χ3n) is 4.50. The van der Waals surface area contributed by atoms with Crippen molar-refractivity contribution in [1.82, 2.24) is 19.6 Å². The van der Waals surface area contributed by atoms with Crippen LogP contribution in [0, 0.1) is 20.8 Å². The lowest BCUT2D eigenvalue weighted by Gasteiger charge is -2.10. The van der Waals surface area contributed by atoms with Crippen molar-refractivity contribution in [2.75, 3.05) is 5.43 Å². The van der Waals surface area contributed by atoms with Crippen LogP contribution in [-0.2, 0) is 0 Å². The Kier molecular flexibility index (Phi) is 4.16. The molecule has 0 atom stereocenters. The second-order valence-corrected chi connectivity index (χ2v) is 6.55. The highest BCUT2D eigenvalue weighted by Crippen LogP contribution is 2.21. The standard InChI is InChI=1S/C21H19N5O/c1-13-7-8-19-16(10-13)14(2)12-26(19)25-21(27)17-11-23-20(24-15(17)3)18-6-4-5-9-22-18/h4-12H,1-3H3,(H,25,27). The molecule has 0 aliphatic heterocycles. The number of benzene rings is 1. The lowest BCUT2D eigenvalue weighted by molar-refractivity contribution is 0.101. The molecule has 27 heavy (non-hydrogen) atoms. The van der Waals surface area contributed by atoms with Crippen LogP contribution >= 0.6 is 0 Å². The van der Waals surface area contributed by atoms with Crippen molar-refractivity contribution in [2.24, 2.45) is 0 Å². The van der Waals surface area contributed by atoms with E-state index in [1.54, 1.807) is 24.0 Å². The highest BCUT2D eigenvalue weighted by Gasteiger charge is 2.15. The quantitative estimate of drug-likeness (QED) is 0.605. The highest BCUT2D eigenvalue weighted by molar-refractivity contribution is 6.01. The second-order valence-electron chi connectivity index (χ2n) is 6.55. The lowest BCUT2D eigenvalue weighted by atomic mass is 10.1. The molecule has 0 aliphatic rings. The molecule has 0 aliphatic carbocycles. The van der Waals surface area contributed by atoms with Crippen molar-refractivity contribution >= 4 is 16.8 Å². The van der Waals surface area contributed by atoms with Crippen molar-refractivity contribution in [1.29, 1.82) is 0 Å². The Bertz CT molecular complexity index is 1150. The number of amides is 1. The van der Waals surface area contributed by atoms with Crippen molar-refractivity contribution < 1.29 is 4.79 Å². The molecule has 4 rings (SSSR count). The van der Waals surface area contributed by atoms with Gasteiger partial charge in [-0.25, -0.2) is 9.97 Å². The molecule has 4 aromatic rings. The number of carbonyl (C=O) groups is 1. The molecule has 0 radical (unpaired) electrons. The first-order valence-electron chi connectivity index (χ1n) is 8.67. The summed E-state index contributed by atoms with van der Waals surface area (Å²) in [4.78, 5) is 25.8. The molecule has 0 fully saturated rings. The smallest absolute Gasteiger partial charge is 0.267 e. The van der Waals surface area contributed by atoms with E-state index in [1.165, 1.54) is 5.56 Å². The molecule has 134 valence electrons. The number of hydrogen-bond acceptors (Lipinski definition) is 4. The van der Waals surface area contributed by atoms with Gasteiger partial charge in [-0.1, -0.05) is 17.7 Å². The number of fused-ring (bicyclic) bond motifs is 1. The van der Waals surface area contributed by atoms with Gasteiger partial charge in [-0.15, -0.1) is 0 Å². The Morgan fingerprint density at radius 2 is 1.93 bits per heavy atom. The predicted molar refractivity (Wildman–Crippen MR) is 105 cm³/mol. The van der Waals surface area contributed by atoms with Crippen molar-refractivity contribution in [3.63, 3.8) is 0 Å². The summed E-state index contributed by atoms with van der Waals surface area (Å²) in [6.45, 7) is 5.88. The maximum Gasteiger partial charge on any atom is 0.273 e. The van der Waals surface area contributed by atoms with Crippen LogP contribution in [0.15, 0.2) is 55.0 Å². The number of carbonyl (C=O) groups excluding carboxylic acids is 1. The van der Waals surface area contributed by atoms with Gasteiger partial charge in [0.2, 0.25) is 0 Å². The third kappa shape index (κ3) is 3.17. The molecule has 0 saturated carbocycles. The third-order valence-corrected chi connectivity index (χ3v) is 4.50. The van der Waals surface area contributed by atoms with Crippen molar-refractivity contribution in [3.05, 3.63) is 77.4 Å². The summed E-state index contributed by atoms with van der Waals surface area (Å²) in [6, 6.07) is 11.7. The van der Waals surface area contributed by atoms with Gasteiger partial charge in [-0.3, -0.25) is 19.9 Å². The van der Waals surface area contributed by atoms with Gasteiger partial charge < -0.3 is 0 Å². The number of nitrogens with one attached hydrogen (secondary N) is 1. The van der Waals surface area contributed by atoms with E-state index in [1.807, 2.05) is 43.5 Å². The van der Waals surface area contributed by atoms with Gasteiger partial charge in [0, 0.05) is 24.0 Å². The normalized spacial score (nSPS) is 10.9. The summed E-state index contributed by atoms with van der Waals surface area (Å²) < 4.78 is 1.75. The van der Waals surface area contributed by atoms with E-state index >= 15 is 0 Å². The van der Waals surface area contributed by atoms with E-state index in [2.05, 4.69) is 33.4 Å². The number of aromatic nitrogens is 4. The Labute approximate surface area is 156 Å². The van der Waals surface area contributed by atoms with Gasteiger partial charge in [0.1, 0.15) is 5.69 Å². The van der Waals surface area contributed by atoms with Crippen LogP contribution in [0.3, 0.4) is 0 Å². The number of aryl methyl sites for hydroxylation is 3. The summed E-state index contributed by atoms with van der Waals surface area (Å²) in [5, 5.41) is 1.12. The minimum Gasteiger partial charge on any atom is -0.267 e. The molecule has 3 heterocycles. The van der Waals surface area contributed by atoms with E-state index in [0.29, 0.717) is 22.8 Å². The molecule has 1 N–H and O–H groups in total. The van der Waals surface area contributed by atoms with Gasteiger partial charge in [0.15, 0.2) is 5.82 Å². The SMILES string of the molecule is Cc1ccc2c(c1)c(C)cn2NC(=O)c1cnc(-c2ccccn2)nc1C. The summed E-state index contributed by atoms with van der Waals surface area (Å²) in [5.74, 6) is 0.250. The second kappa shape index (κ2) is 6.64. The topological polar surface area (TPSA) is 72.7 Å². The molecule has 1 amide bonds. The molecule has 6 heteroatoms. The Hall–Kier alpha value is -3.54. The van der Waals surface area contributed by atoms with Crippen LogP contribution in [0.5, 0.6) is 0 Å². The summed E-state index contributed by atoms with van der Waals surface area (Å²) in [6.07, 6.45) is 5.15. The molecule has 0 spiro atoms. The van der Waals surface area contributed by atoms with Crippen LogP contribution in [-0.4, -0.2) is 25.5 Å². The highest BCUT2D eigenvalue weighted by atomic mass is 16.2. The monoisotopic (exact) mass is 357 g/mol. The van der Waals surface area contributed by atoms with Gasteiger partial charge in [-0.05, 0) is 50.6 Å². The summed E-state index contributed by atoms with van der Waals surface area (Å²) >= 11 is 0. The summed E-state index contributed by atoms with van der Waals surface area (Å²) in [7, 11) is 0. The van der Waals surface area contributed by atoms with Crippen LogP contribution in [0.4, 0.5) is 0 Å². The molecular formula is C21H19N5O. The fourth-order valence-electron chi connectivity index (χ4n) is 3.08. The number of hydrogen-bond donors (Lipinski definition) is 1. The first-order chi connectivity index (χ1) is 13.0. The zero-order valence-electron chi connectivity index (χ0n) is 15.4. The average molecular weight is 357 g/mol. The zero-order chi connectivity index (χ0) is 19.0. The maximum atomic E-state index is 12.8. The van der Waals surface area contributed by atoms with Gasteiger partial charge in [0.05, 0.1) is 16.8 Å². The zero-order valence-corrected chi connectivity index (χ0v) is 15.4. The predicted octanol–water partition coefficient (Wildman–Crippen LogP) is 3.80. The Morgan fingerprint density at radius 1 is 1.07 bits per heavy atom. The molecule has 6 nitrogen and oxygen atoms in total. The fourth-order valence-corrected chi connectivity index (χ4v) is 3.08. The molecule has 0 unspecified atom stereocenters. The van der Waals surface area contributed by atoms with E-state index in [9.17, 15) is 4.79 Å². The molecule has 1 aromatic carbocycles. The minimum atomic E-state index is -0.252. The molecule has 3 aromatic heterocycles. The van der Waals surface area contributed by atoms with E-state index < -0.39 is 0 Å². The van der Waals surface area contributed by atoms with Crippen molar-refractivity contribution in [2.45, 2.75) is 20.8 Å². The maximum absolute atomic E-state index is 12.8. The minimum absolute atomic E-state index is 0.252. The summed E-state index contributed by atoms with van der Waals surface area (Å²) in [5.41, 5.74) is 7.88. The average Bonchev–Trinajstić information content (AvgIpc) is 2.97.